The Morgan fingerprint density at radius 2 is 1.49 bits per heavy atom. The molecule has 0 spiro atoms. The van der Waals surface area contributed by atoms with Gasteiger partial charge in [-0.2, -0.15) is 4.98 Å². The van der Waals surface area contributed by atoms with Gasteiger partial charge in [0.25, 0.3) is 5.56 Å². The van der Waals surface area contributed by atoms with Crippen LogP contribution in [0, 0.1) is 5.82 Å². The van der Waals surface area contributed by atoms with Gasteiger partial charge in [-0.1, -0.05) is 60.1 Å². The van der Waals surface area contributed by atoms with Gasteiger partial charge in [-0.3, -0.25) is 4.79 Å². The molecule has 0 fully saturated rings. The van der Waals surface area contributed by atoms with Gasteiger partial charge in [0.15, 0.2) is 0 Å². The van der Waals surface area contributed by atoms with Crippen LogP contribution < -0.4 is 5.56 Å². The van der Waals surface area contributed by atoms with Gasteiger partial charge in [-0.15, -0.1) is 0 Å². The minimum Gasteiger partial charge on any atom is -0.329 e. The molecule has 0 atom stereocenters. The number of hydrogen-bond donors (Lipinski definition) is 0. The number of benzene rings is 3. The number of aromatic nitrogens is 4. The fourth-order valence-electron chi connectivity index (χ4n) is 5.36. The molecule has 0 amide bonds. The maximum atomic E-state index is 13.4. The van der Waals surface area contributed by atoms with E-state index in [-0.39, 0.29) is 11.4 Å². The number of rotatable bonds is 8. The third-order valence-corrected chi connectivity index (χ3v) is 7.70. The van der Waals surface area contributed by atoms with E-state index in [0.29, 0.717) is 25.9 Å². The van der Waals surface area contributed by atoms with E-state index in [1.807, 2.05) is 36.7 Å². The summed E-state index contributed by atoms with van der Waals surface area (Å²) in [5, 5.41) is 0.727. The smallest absolute Gasteiger partial charge is 0.276 e. The number of aryl methyl sites for hydroxylation is 2. The molecule has 0 aliphatic heterocycles. The van der Waals surface area contributed by atoms with Gasteiger partial charge in [0, 0.05) is 41.6 Å². The second-order valence-electron chi connectivity index (χ2n) is 10.00. The summed E-state index contributed by atoms with van der Waals surface area (Å²) in [5.74, 6) is 1.42. The van der Waals surface area contributed by atoms with Gasteiger partial charge < -0.3 is 9.13 Å². The van der Waals surface area contributed by atoms with Crippen LogP contribution in [0.5, 0.6) is 0 Å². The van der Waals surface area contributed by atoms with Crippen molar-refractivity contribution >= 4 is 11.6 Å². The third-order valence-electron chi connectivity index (χ3n) is 7.45. The number of halogens is 2. The molecule has 39 heavy (non-hydrogen) atoms. The Kier molecular flexibility index (Phi) is 7.12. The lowest BCUT2D eigenvalue weighted by Crippen LogP contribution is -2.25. The molecule has 196 valence electrons. The van der Waals surface area contributed by atoms with Crippen molar-refractivity contribution in [1.82, 2.24) is 19.1 Å². The summed E-state index contributed by atoms with van der Waals surface area (Å²) in [4.78, 5) is 22.0. The van der Waals surface area contributed by atoms with Gasteiger partial charge in [-0.25, -0.2) is 9.37 Å². The topological polar surface area (TPSA) is 52.7 Å². The molecule has 2 heterocycles. The van der Waals surface area contributed by atoms with E-state index in [9.17, 15) is 9.18 Å². The summed E-state index contributed by atoms with van der Waals surface area (Å²) in [6.07, 6.45) is 7.70. The second kappa shape index (κ2) is 11.0. The molecule has 5 nitrogen and oxygen atoms in total. The Bertz CT molecular complexity index is 1660. The highest BCUT2D eigenvalue weighted by Crippen LogP contribution is 2.24. The molecule has 1 aliphatic carbocycles. The maximum absolute atomic E-state index is 13.4. The van der Waals surface area contributed by atoms with Crippen LogP contribution in [0.3, 0.4) is 0 Å². The van der Waals surface area contributed by atoms with Crippen molar-refractivity contribution in [3.8, 4) is 11.1 Å². The first-order valence-corrected chi connectivity index (χ1v) is 13.6. The number of nitrogens with zero attached hydrogens (tertiary/aromatic N) is 4. The first-order chi connectivity index (χ1) is 19.0. The summed E-state index contributed by atoms with van der Waals surface area (Å²) in [7, 11) is 0. The van der Waals surface area contributed by atoms with Crippen molar-refractivity contribution in [2.24, 2.45) is 0 Å². The van der Waals surface area contributed by atoms with Crippen LogP contribution in [0.4, 0.5) is 4.39 Å². The largest absolute Gasteiger partial charge is 0.329 e. The quantitative estimate of drug-likeness (QED) is 0.234. The zero-order valence-corrected chi connectivity index (χ0v) is 22.2. The molecule has 1 aliphatic rings. The minimum atomic E-state index is -0.252. The van der Waals surface area contributed by atoms with Crippen LogP contribution in [0.1, 0.15) is 40.5 Å². The molecular formula is C32H28ClFN4O. The SMILES string of the molecule is O=c1nc(CCc2ccc(F)cc2)n(Cc2nccn2Cc2ccc(-c3ccc(Cl)cc3)cc2)c2c1CCC2. The monoisotopic (exact) mass is 538 g/mol. The van der Waals surface area contributed by atoms with E-state index in [2.05, 4.69) is 43.4 Å². The highest BCUT2D eigenvalue weighted by Gasteiger charge is 2.22. The average molecular weight is 539 g/mol. The van der Waals surface area contributed by atoms with Crippen LogP contribution in [-0.4, -0.2) is 19.1 Å². The fraction of sp³-hybridized carbons (Fsp3) is 0.219. The van der Waals surface area contributed by atoms with Crippen molar-refractivity contribution < 1.29 is 4.39 Å². The first kappa shape index (κ1) is 25.3. The number of hydrogen-bond acceptors (Lipinski definition) is 3. The van der Waals surface area contributed by atoms with Gasteiger partial charge in [0.2, 0.25) is 0 Å². The molecule has 0 N–H and O–H groups in total. The Morgan fingerprint density at radius 3 is 2.23 bits per heavy atom. The zero-order valence-electron chi connectivity index (χ0n) is 21.5. The third kappa shape index (κ3) is 5.57. The molecule has 0 saturated heterocycles. The van der Waals surface area contributed by atoms with Crippen molar-refractivity contribution in [2.45, 2.75) is 45.2 Å². The normalized spacial score (nSPS) is 12.6. The van der Waals surface area contributed by atoms with Gasteiger partial charge in [0.1, 0.15) is 17.5 Å². The van der Waals surface area contributed by atoms with Crippen molar-refractivity contribution in [2.75, 3.05) is 0 Å². The van der Waals surface area contributed by atoms with Crippen LogP contribution in [0.15, 0.2) is 90.0 Å². The van der Waals surface area contributed by atoms with Gasteiger partial charge >= 0.3 is 0 Å². The molecule has 0 saturated carbocycles. The Balaban J connectivity index is 1.24. The summed E-state index contributed by atoms with van der Waals surface area (Å²) in [5.41, 5.74) is 6.25. The van der Waals surface area contributed by atoms with E-state index in [0.717, 1.165) is 63.9 Å². The summed E-state index contributed by atoms with van der Waals surface area (Å²) < 4.78 is 17.7. The number of imidazole rings is 1. The molecule has 0 unspecified atom stereocenters. The lowest BCUT2D eigenvalue weighted by molar-refractivity contribution is 0.596. The number of fused-ring (bicyclic) bond motifs is 1. The van der Waals surface area contributed by atoms with E-state index >= 15 is 0 Å². The molecule has 0 radical (unpaired) electrons. The van der Waals surface area contributed by atoms with Crippen molar-refractivity contribution in [3.63, 3.8) is 0 Å². The van der Waals surface area contributed by atoms with E-state index in [1.54, 1.807) is 12.1 Å². The Morgan fingerprint density at radius 1 is 0.795 bits per heavy atom. The van der Waals surface area contributed by atoms with E-state index < -0.39 is 0 Å². The molecule has 6 rings (SSSR count). The summed E-state index contributed by atoms with van der Waals surface area (Å²) in [6.45, 7) is 1.24. The Labute approximate surface area is 231 Å². The van der Waals surface area contributed by atoms with Crippen molar-refractivity contribution in [1.29, 1.82) is 0 Å². The summed E-state index contributed by atoms with van der Waals surface area (Å²) in [6, 6.07) is 22.9. The van der Waals surface area contributed by atoms with E-state index in [4.69, 9.17) is 11.6 Å². The zero-order chi connectivity index (χ0) is 26.8. The lowest BCUT2D eigenvalue weighted by Gasteiger charge is -2.18. The van der Waals surface area contributed by atoms with Gasteiger partial charge in [-0.05, 0) is 72.2 Å². The highest BCUT2D eigenvalue weighted by molar-refractivity contribution is 6.30. The van der Waals surface area contributed by atoms with E-state index in [1.165, 1.54) is 17.7 Å². The fourth-order valence-corrected chi connectivity index (χ4v) is 5.49. The molecule has 2 aromatic heterocycles. The molecular weight excluding hydrogens is 511 g/mol. The highest BCUT2D eigenvalue weighted by atomic mass is 35.5. The van der Waals surface area contributed by atoms with Crippen LogP contribution in [-0.2, 0) is 38.8 Å². The maximum Gasteiger partial charge on any atom is 0.276 e. The lowest BCUT2D eigenvalue weighted by atomic mass is 10.0. The summed E-state index contributed by atoms with van der Waals surface area (Å²) >= 11 is 6.03. The molecule has 5 aromatic rings. The predicted octanol–water partition coefficient (Wildman–Crippen LogP) is 6.27. The van der Waals surface area contributed by atoms with Gasteiger partial charge in [0.05, 0.1) is 6.54 Å². The van der Waals surface area contributed by atoms with Crippen LogP contribution in [0.2, 0.25) is 5.02 Å². The molecule has 3 aromatic carbocycles. The minimum absolute atomic E-state index is 0.114. The second-order valence-corrected chi connectivity index (χ2v) is 10.4. The Hall–Kier alpha value is -4.03. The van der Waals surface area contributed by atoms with Crippen LogP contribution in [0.25, 0.3) is 11.1 Å². The predicted molar refractivity (Wildman–Crippen MR) is 152 cm³/mol. The standard InChI is InChI=1S/C32H28ClFN4O/c33-26-13-11-25(12-14-26)24-9-4-23(5-10-24)20-37-19-18-35-31(37)21-38-29-3-1-2-28(29)32(39)36-30(38)17-8-22-6-15-27(34)16-7-22/h4-7,9-16,18-19H,1-3,8,17,20-21H2. The average Bonchev–Trinajstić information content (AvgIpc) is 3.61. The first-order valence-electron chi connectivity index (χ1n) is 13.2. The molecule has 0 bridgehead atoms. The van der Waals surface area contributed by atoms with Crippen LogP contribution >= 0.6 is 11.6 Å². The molecule has 7 heteroatoms. The van der Waals surface area contributed by atoms with Crippen molar-refractivity contribution in [3.05, 3.63) is 140 Å².